The molecule has 8 heteroatoms. The van der Waals surface area contributed by atoms with Crippen molar-refractivity contribution >= 4 is 44.6 Å². The van der Waals surface area contributed by atoms with Crippen LogP contribution in [0.3, 0.4) is 0 Å². The summed E-state index contributed by atoms with van der Waals surface area (Å²) in [5, 5.41) is 6.49. The molecule has 1 unspecified atom stereocenters. The van der Waals surface area contributed by atoms with Crippen LogP contribution in [0.25, 0.3) is 5.52 Å². The van der Waals surface area contributed by atoms with E-state index in [9.17, 15) is 4.79 Å². The summed E-state index contributed by atoms with van der Waals surface area (Å²) in [4.78, 5) is 16.0. The molecule has 4 rings (SSSR count). The molecule has 1 aliphatic rings. The maximum absolute atomic E-state index is 12.7. The number of carbonyl (C=O) groups is 1. The maximum Gasteiger partial charge on any atom is 0.292 e. The fourth-order valence-electron chi connectivity index (χ4n) is 2.81. The van der Waals surface area contributed by atoms with Crippen LogP contribution in [0, 0.1) is 0 Å². The zero-order valence-corrected chi connectivity index (χ0v) is 14.5. The smallest absolute Gasteiger partial charge is 0.292 e. The van der Waals surface area contributed by atoms with E-state index in [1.54, 1.807) is 27.9 Å². The third-order valence-corrected chi connectivity index (χ3v) is 4.56. The molecule has 3 aromatic rings. The number of H-pyrrole nitrogens is 1. The second-order valence-corrected chi connectivity index (χ2v) is 6.91. The number of anilines is 1. The highest BCUT2D eigenvalue weighted by atomic mass is 79.9. The highest BCUT2D eigenvalue weighted by Gasteiger charge is 2.29. The number of aromatic amines is 1. The van der Waals surface area contributed by atoms with E-state index in [-0.39, 0.29) is 11.8 Å². The molecule has 0 saturated heterocycles. The van der Waals surface area contributed by atoms with Crippen molar-refractivity contribution in [2.75, 3.05) is 12.0 Å². The van der Waals surface area contributed by atoms with Gasteiger partial charge in [-0.25, -0.2) is 4.52 Å². The molecule has 1 aliphatic heterocycles. The number of halogens is 2. The van der Waals surface area contributed by atoms with Crippen molar-refractivity contribution in [2.45, 2.75) is 12.8 Å². The molecule has 0 bridgehead atoms. The topological polar surface area (TPSA) is 65.4 Å². The SMILES string of the molecule is CC1CN(C(=O)c2cc3ccc(Cl)cn3n2)Nc2cc(Br)[nH]c21. The summed E-state index contributed by atoms with van der Waals surface area (Å²) >= 11 is 9.38. The normalized spacial score (nSPS) is 17.2. The van der Waals surface area contributed by atoms with Gasteiger partial charge in [-0.05, 0) is 40.2 Å². The number of rotatable bonds is 1. The summed E-state index contributed by atoms with van der Waals surface area (Å²) in [5.41, 5.74) is 6.34. The highest BCUT2D eigenvalue weighted by molar-refractivity contribution is 9.10. The molecule has 0 aliphatic carbocycles. The van der Waals surface area contributed by atoms with Gasteiger partial charge in [-0.1, -0.05) is 18.5 Å². The predicted molar refractivity (Wildman–Crippen MR) is 91.8 cm³/mol. The molecule has 1 atom stereocenters. The molecule has 4 heterocycles. The van der Waals surface area contributed by atoms with Crippen LogP contribution in [0.5, 0.6) is 0 Å². The first-order valence-corrected chi connectivity index (χ1v) is 8.30. The second-order valence-electron chi connectivity index (χ2n) is 5.62. The monoisotopic (exact) mass is 393 g/mol. The van der Waals surface area contributed by atoms with E-state index in [1.165, 1.54) is 0 Å². The van der Waals surface area contributed by atoms with Crippen LogP contribution < -0.4 is 5.43 Å². The van der Waals surface area contributed by atoms with E-state index in [1.807, 2.05) is 12.1 Å². The van der Waals surface area contributed by atoms with Gasteiger partial charge in [0.2, 0.25) is 0 Å². The van der Waals surface area contributed by atoms with Crippen molar-refractivity contribution < 1.29 is 4.79 Å². The van der Waals surface area contributed by atoms with Gasteiger partial charge in [-0.2, -0.15) is 5.10 Å². The molecular weight excluding hydrogens is 382 g/mol. The van der Waals surface area contributed by atoms with Crippen molar-refractivity contribution in [2.24, 2.45) is 0 Å². The van der Waals surface area contributed by atoms with Crippen LogP contribution in [0.2, 0.25) is 5.02 Å². The molecule has 3 aromatic heterocycles. The Hall–Kier alpha value is -1.99. The number of aromatic nitrogens is 3. The summed E-state index contributed by atoms with van der Waals surface area (Å²) in [5.74, 6) is 0.0348. The number of nitrogens with zero attached hydrogens (tertiary/aromatic N) is 3. The van der Waals surface area contributed by atoms with E-state index < -0.39 is 0 Å². The minimum Gasteiger partial charge on any atom is -0.351 e. The molecule has 2 N–H and O–H groups in total. The number of amides is 1. The Bertz CT molecular complexity index is 918. The van der Waals surface area contributed by atoms with E-state index in [0.717, 1.165) is 21.5 Å². The first-order chi connectivity index (χ1) is 11.0. The molecule has 0 spiro atoms. The third-order valence-electron chi connectivity index (χ3n) is 3.91. The van der Waals surface area contributed by atoms with E-state index in [2.05, 4.69) is 38.4 Å². The highest BCUT2D eigenvalue weighted by Crippen LogP contribution is 2.32. The Kier molecular flexibility index (Phi) is 3.35. The number of hydrazine groups is 1. The Balaban J connectivity index is 1.66. The van der Waals surface area contributed by atoms with Crippen molar-refractivity contribution in [3.8, 4) is 0 Å². The predicted octanol–water partition coefficient (Wildman–Crippen LogP) is 3.66. The number of fused-ring (bicyclic) bond motifs is 2. The minimum atomic E-state index is -0.167. The lowest BCUT2D eigenvalue weighted by Gasteiger charge is -2.31. The summed E-state index contributed by atoms with van der Waals surface area (Å²) in [6, 6.07) is 7.29. The van der Waals surface area contributed by atoms with E-state index >= 15 is 0 Å². The largest absolute Gasteiger partial charge is 0.351 e. The molecule has 118 valence electrons. The Labute approximate surface area is 145 Å². The maximum atomic E-state index is 12.7. The fraction of sp³-hybridized carbons (Fsp3) is 0.200. The Morgan fingerprint density at radius 2 is 2.26 bits per heavy atom. The standard InChI is InChI=1S/C15H13BrClN5O/c1-8-6-22(19-11-5-13(16)18-14(8)11)15(23)12-4-10-3-2-9(17)7-21(10)20-12/h2-5,7-8,18-19H,6H2,1H3. The van der Waals surface area contributed by atoms with E-state index in [4.69, 9.17) is 11.6 Å². The number of pyridine rings is 1. The van der Waals surface area contributed by atoms with Gasteiger partial charge < -0.3 is 4.98 Å². The fourth-order valence-corrected chi connectivity index (χ4v) is 3.41. The lowest BCUT2D eigenvalue weighted by molar-refractivity contribution is 0.0773. The first kappa shape index (κ1) is 14.6. The van der Waals surface area contributed by atoms with Crippen molar-refractivity contribution in [3.05, 3.63) is 51.5 Å². The number of hydrogen-bond acceptors (Lipinski definition) is 3. The lowest BCUT2D eigenvalue weighted by Crippen LogP contribution is -2.42. The molecule has 0 aromatic carbocycles. The molecule has 0 fully saturated rings. The summed E-state index contributed by atoms with van der Waals surface area (Å²) in [6.45, 7) is 2.64. The number of hydrogen-bond donors (Lipinski definition) is 2. The van der Waals surface area contributed by atoms with Crippen LogP contribution in [0.15, 0.2) is 35.1 Å². The van der Waals surface area contributed by atoms with Crippen LogP contribution in [0.4, 0.5) is 5.69 Å². The zero-order chi connectivity index (χ0) is 16.1. The van der Waals surface area contributed by atoms with Gasteiger partial charge in [0.1, 0.15) is 0 Å². The minimum absolute atomic E-state index is 0.167. The second kappa shape index (κ2) is 5.28. The van der Waals surface area contributed by atoms with Gasteiger partial charge >= 0.3 is 0 Å². The van der Waals surface area contributed by atoms with Gasteiger partial charge in [0, 0.05) is 17.8 Å². The number of nitrogens with one attached hydrogen (secondary N) is 2. The average molecular weight is 395 g/mol. The Morgan fingerprint density at radius 3 is 3.09 bits per heavy atom. The average Bonchev–Trinajstić information content (AvgIpc) is 3.08. The lowest BCUT2D eigenvalue weighted by atomic mass is 10.1. The zero-order valence-electron chi connectivity index (χ0n) is 12.2. The van der Waals surface area contributed by atoms with Crippen molar-refractivity contribution in [1.29, 1.82) is 0 Å². The van der Waals surface area contributed by atoms with Gasteiger partial charge in [0.15, 0.2) is 5.69 Å². The van der Waals surface area contributed by atoms with E-state index in [0.29, 0.717) is 17.3 Å². The van der Waals surface area contributed by atoms with Crippen molar-refractivity contribution in [1.82, 2.24) is 19.6 Å². The quantitative estimate of drug-likeness (QED) is 0.662. The van der Waals surface area contributed by atoms with Gasteiger partial charge in [-0.3, -0.25) is 15.2 Å². The van der Waals surface area contributed by atoms with Gasteiger partial charge in [-0.15, -0.1) is 0 Å². The Morgan fingerprint density at radius 1 is 1.43 bits per heavy atom. The first-order valence-electron chi connectivity index (χ1n) is 7.13. The van der Waals surface area contributed by atoms with Crippen LogP contribution in [-0.4, -0.2) is 32.1 Å². The van der Waals surface area contributed by atoms with Gasteiger partial charge in [0.05, 0.1) is 27.4 Å². The van der Waals surface area contributed by atoms with Crippen molar-refractivity contribution in [3.63, 3.8) is 0 Å². The number of carbonyl (C=O) groups excluding carboxylic acids is 1. The van der Waals surface area contributed by atoms with Crippen LogP contribution in [-0.2, 0) is 0 Å². The molecule has 6 nitrogen and oxygen atoms in total. The molecule has 0 radical (unpaired) electrons. The molecule has 0 saturated carbocycles. The molecule has 23 heavy (non-hydrogen) atoms. The molecular formula is C15H13BrClN5O. The summed E-state index contributed by atoms with van der Waals surface area (Å²) in [7, 11) is 0. The summed E-state index contributed by atoms with van der Waals surface area (Å²) in [6.07, 6.45) is 1.68. The summed E-state index contributed by atoms with van der Waals surface area (Å²) < 4.78 is 2.50. The van der Waals surface area contributed by atoms with Gasteiger partial charge in [0.25, 0.3) is 5.91 Å². The third kappa shape index (κ3) is 2.49. The van der Waals surface area contributed by atoms with Crippen LogP contribution >= 0.6 is 27.5 Å². The molecule has 1 amide bonds. The van der Waals surface area contributed by atoms with Crippen LogP contribution in [0.1, 0.15) is 29.0 Å².